The summed E-state index contributed by atoms with van der Waals surface area (Å²) in [7, 11) is 0. The minimum atomic E-state index is -0.723. The van der Waals surface area contributed by atoms with Crippen LogP contribution in [0, 0.1) is 0 Å². The van der Waals surface area contributed by atoms with Gasteiger partial charge in [0.2, 0.25) is 5.91 Å². The number of hydrogen-bond acceptors (Lipinski definition) is 3. The molecular formula is C21H23Cl3N2O3. The number of halogens is 3. The Morgan fingerprint density at radius 2 is 1.72 bits per heavy atom. The molecule has 1 atom stereocenters. The lowest BCUT2D eigenvalue weighted by Gasteiger charge is -2.29. The van der Waals surface area contributed by atoms with Crippen molar-refractivity contribution in [3.63, 3.8) is 0 Å². The molecule has 2 amide bonds. The van der Waals surface area contributed by atoms with Gasteiger partial charge in [0.25, 0.3) is 5.91 Å². The van der Waals surface area contributed by atoms with Crippen LogP contribution in [-0.4, -0.2) is 35.4 Å². The molecule has 2 aromatic carbocycles. The lowest BCUT2D eigenvalue weighted by atomic mass is 10.1. The Hall–Kier alpha value is -1.95. The molecule has 0 aromatic heterocycles. The van der Waals surface area contributed by atoms with Crippen molar-refractivity contribution in [2.45, 2.75) is 39.4 Å². The molecule has 0 spiro atoms. The summed E-state index contributed by atoms with van der Waals surface area (Å²) in [5.74, 6) is -0.154. The first-order valence-electron chi connectivity index (χ1n) is 9.09. The number of ether oxygens (including phenoxy) is 1. The number of hydrogen-bond donors (Lipinski definition) is 1. The number of amides is 2. The molecule has 2 aromatic rings. The van der Waals surface area contributed by atoms with Gasteiger partial charge in [0.05, 0.1) is 0 Å². The normalized spacial score (nSPS) is 11.8. The molecule has 0 aliphatic heterocycles. The van der Waals surface area contributed by atoms with Crippen LogP contribution in [0.5, 0.6) is 5.75 Å². The van der Waals surface area contributed by atoms with E-state index in [0.717, 1.165) is 0 Å². The van der Waals surface area contributed by atoms with Gasteiger partial charge in [-0.1, -0.05) is 46.9 Å². The molecule has 0 heterocycles. The number of nitrogens with one attached hydrogen (secondary N) is 1. The third-order valence-electron chi connectivity index (χ3n) is 4.11. The van der Waals surface area contributed by atoms with E-state index < -0.39 is 6.04 Å². The maximum absolute atomic E-state index is 12.9. The molecule has 1 unspecified atom stereocenters. The van der Waals surface area contributed by atoms with Crippen LogP contribution in [0.3, 0.4) is 0 Å². The van der Waals surface area contributed by atoms with E-state index in [4.69, 9.17) is 39.5 Å². The Bertz CT molecular complexity index is 874. The Morgan fingerprint density at radius 3 is 2.34 bits per heavy atom. The topological polar surface area (TPSA) is 58.6 Å². The van der Waals surface area contributed by atoms with Crippen LogP contribution in [0.2, 0.25) is 15.1 Å². The molecule has 8 heteroatoms. The minimum absolute atomic E-state index is 0.0521. The van der Waals surface area contributed by atoms with Gasteiger partial charge in [0.15, 0.2) is 6.61 Å². The van der Waals surface area contributed by atoms with Crippen molar-refractivity contribution in [1.29, 1.82) is 0 Å². The maximum atomic E-state index is 12.9. The molecule has 1 N–H and O–H groups in total. The summed E-state index contributed by atoms with van der Waals surface area (Å²) < 4.78 is 5.57. The molecule has 5 nitrogen and oxygen atoms in total. The molecule has 0 bridgehead atoms. The summed E-state index contributed by atoms with van der Waals surface area (Å²) >= 11 is 18.2. The van der Waals surface area contributed by atoms with Crippen molar-refractivity contribution in [2.24, 2.45) is 0 Å². The Morgan fingerprint density at radius 1 is 1.03 bits per heavy atom. The largest absolute Gasteiger partial charge is 0.484 e. The predicted molar refractivity (Wildman–Crippen MR) is 117 cm³/mol. The lowest BCUT2D eigenvalue weighted by molar-refractivity contribution is -0.142. The van der Waals surface area contributed by atoms with Crippen molar-refractivity contribution in [3.8, 4) is 5.75 Å². The van der Waals surface area contributed by atoms with Gasteiger partial charge < -0.3 is 15.0 Å². The number of rotatable bonds is 8. The second-order valence-corrected chi connectivity index (χ2v) is 8.12. The third kappa shape index (κ3) is 7.11. The highest BCUT2D eigenvalue weighted by Gasteiger charge is 2.27. The van der Waals surface area contributed by atoms with E-state index in [1.807, 2.05) is 13.8 Å². The highest BCUT2D eigenvalue weighted by atomic mass is 35.5. The summed E-state index contributed by atoms with van der Waals surface area (Å²) in [6.07, 6.45) is 0. The van der Waals surface area contributed by atoms with Crippen molar-refractivity contribution >= 4 is 46.6 Å². The van der Waals surface area contributed by atoms with E-state index in [1.54, 1.807) is 49.4 Å². The van der Waals surface area contributed by atoms with Gasteiger partial charge in [-0.25, -0.2) is 0 Å². The first-order valence-corrected chi connectivity index (χ1v) is 10.2. The summed E-state index contributed by atoms with van der Waals surface area (Å²) in [6, 6.07) is 11.0. The molecule has 29 heavy (non-hydrogen) atoms. The van der Waals surface area contributed by atoms with Gasteiger partial charge >= 0.3 is 0 Å². The molecule has 0 saturated heterocycles. The van der Waals surface area contributed by atoms with E-state index in [2.05, 4.69) is 5.32 Å². The average molecular weight is 458 g/mol. The molecule has 0 aliphatic rings. The second-order valence-electron chi connectivity index (χ2n) is 6.84. The Balaban J connectivity index is 2.20. The second kappa shape index (κ2) is 10.7. The molecule has 0 saturated carbocycles. The van der Waals surface area contributed by atoms with Crippen LogP contribution < -0.4 is 10.1 Å². The highest BCUT2D eigenvalue weighted by Crippen LogP contribution is 2.23. The molecule has 0 radical (unpaired) electrons. The Labute approximate surface area is 185 Å². The quantitative estimate of drug-likeness (QED) is 0.609. The smallest absolute Gasteiger partial charge is 0.261 e. The van der Waals surface area contributed by atoms with E-state index >= 15 is 0 Å². The zero-order valence-corrected chi connectivity index (χ0v) is 18.7. The third-order valence-corrected chi connectivity index (χ3v) is 4.93. The van der Waals surface area contributed by atoms with E-state index in [9.17, 15) is 9.59 Å². The van der Waals surface area contributed by atoms with Crippen LogP contribution in [-0.2, 0) is 16.1 Å². The predicted octanol–water partition coefficient (Wildman–Crippen LogP) is 4.97. The fraction of sp³-hybridized carbons (Fsp3) is 0.333. The highest BCUT2D eigenvalue weighted by molar-refractivity contribution is 6.35. The van der Waals surface area contributed by atoms with Crippen molar-refractivity contribution in [2.75, 3.05) is 6.61 Å². The van der Waals surface area contributed by atoms with E-state index in [0.29, 0.717) is 26.4 Å². The zero-order chi connectivity index (χ0) is 21.6. The number of nitrogens with zero attached hydrogens (tertiary/aromatic N) is 1. The number of carbonyl (C=O) groups is 2. The van der Waals surface area contributed by atoms with Crippen LogP contribution >= 0.6 is 34.8 Å². The van der Waals surface area contributed by atoms with E-state index in [-0.39, 0.29) is 31.0 Å². The Kier molecular flexibility index (Phi) is 8.62. The zero-order valence-electron chi connectivity index (χ0n) is 16.4. The standard InChI is InChI=1S/C21H23Cl3N2O3/c1-13(2)25-21(28)14(3)26(11-15-7-8-17(23)10-19(15)24)20(27)12-29-18-6-4-5-16(22)9-18/h4-10,13-14H,11-12H2,1-3H3,(H,25,28). The minimum Gasteiger partial charge on any atom is -0.484 e. The molecule has 0 aliphatic carbocycles. The van der Waals surface area contributed by atoms with Gasteiger partial charge in [-0.2, -0.15) is 0 Å². The van der Waals surface area contributed by atoms with Crippen molar-refractivity contribution in [3.05, 3.63) is 63.1 Å². The average Bonchev–Trinajstić information content (AvgIpc) is 2.64. The van der Waals surface area contributed by atoms with Crippen molar-refractivity contribution < 1.29 is 14.3 Å². The first kappa shape index (κ1) is 23.3. The number of benzene rings is 2. The number of carbonyl (C=O) groups excluding carboxylic acids is 2. The van der Waals surface area contributed by atoms with Gasteiger partial charge in [0.1, 0.15) is 11.8 Å². The van der Waals surface area contributed by atoms with Crippen LogP contribution in [0.15, 0.2) is 42.5 Å². The summed E-state index contributed by atoms with van der Waals surface area (Å²) in [5.41, 5.74) is 0.677. The monoisotopic (exact) mass is 456 g/mol. The first-order chi connectivity index (χ1) is 13.7. The van der Waals surface area contributed by atoms with Gasteiger partial charge in [-0.05, 0) is 56.7 Å². The summed E-state index contributed by atoms with van der Waals surface area (Å²) in [4.78, 5) is 26.9. The van der Waals surface area contributed by atoms with Gasteiger partial charge in [-0.3, -0.25) is 9.59 Å². The van der Waals surface area contributed by atoms with E-state index in [1.165, 1.54) is 4.90 Å². The maximum Gasteiger partial charge on any atom is 0.261 e. The van der Waals surface area contributed by atoms with Crippen LogP contribution in [0.1, 0.15) is 26.3 Å². The fourth-order valence-corrected chi connectivity index (χ4v) is 3.25. The van der Waals surface area contributed by atoms with Crippen LogP contribution in [0.25, 0.3) is 0 Å². The van der Waals surface area contributed by atoms with Crippen molar-refractivity contribution in [1.82, 2.24) is 10.2 Å². The summed E-state index contributed by atoms with van der Waals surface area (Å²) in [6.45, 7) is 5.27. The van der Waals surface area contributed by atoms with Crippen LogP contribution in [0.4, 0.5) is 0 Å². The van der Waals surface area contributed by atoms with Gasteiger partial charge in [-0.15, -0.1) is 0 Å². The SMILES string of the molecule is CC(C)NC(=O)C(C)N(Cc1ccc(Cl)cc1Cl)C(=O)COc1cccc(Cl)c1. The van der Waals surface area contributed by atoms with Gasteiger partial charge in [0, 0.05) is 27.7 Å². The molecular weight excluding hydrogens is 435 g/mol. The molecule has 2 rings (SSSR count). The molecule has 0 fully saturated rings. The summed E-state index contributed by atoms with van der Waals surface area (Å²) in [5, 5.41) is 4.24. The molecule has 156 valence electrons. The lowest BCUT2D eigenvalue weighted by Crippen LogP contribution is -2.50. The fourth-order valence-electron chi connectivity index (χ4n) is 2.61.